The van der Waals surface area contributed by atoms with E-state index in [-0.39, 0.29) is 28.1 Å². The third kappa shape index (κ3) is 7.50. The van der Waals surface area contributed by atoms with Gasteiger partial charge < -0.3 is 26.0 Å². The number of hydrogen-bond acceptors (Lipinski definition) is 12. The number of amides is 1. The van der Waals surface area contributed by atoms with E-state index >= 15 is 0 Å². The number of ether oxygens (including phenoxy) is 1. The number of rotatable bonds is 12. The lowest BCUT2D eigenvalue weighted by atomic mass is 9.94. The Kier molecular flexibility index (Phi) is 9.55. The van der Waals surface area contributed by atoms with Crippen molar-refractivity contribution in [1.29, 1.82) is 0 Å². The Hall–Kier alpha value is -4.67. The third-order valence-corrected chi connectivity index (χ3v) is 12.1. The van der Waals surface area contributed by atoms with E-state index in [2.05, 4.69) is 25.5 Å². The SMILES string of the molecule is COc1cc(N2CCC(CCS(C)(=O)=O)CC2)ccc1Nc1nc(Nc2ccsc2C(N)=O)c2ccn(S(=O)(=O)c3ccc(C)cc3)c2n1. The first-order chi connectivity index (χ1) is 23.3. The molecule has 5 aromatic rings. The lowest BCUT2D eigenvalue weighted by molar-refractivity contribution is 0.100. The highest BCUT2D eigenvalue weighted by molar-refractivity contribution is 7.90. The number of aryl methyl sites for hydroxylation is 1. The summed E-state index contributed by atoms with van der Waals surface area (Å²) in [5.41, 5.74) is 8.56. The zero-order chi connectivity index (χ0) is 34.9. The highest BCUT2D eigenvalue weighted by atomic mass is 32.2. The normalized spacial score (nSPS) is 14.2. The molecule has 4 heterocycles. The van der Waals surface area contributed by atoms with Crippen molar-refractivity contribution in [1.82, 2.24) is 13.9 Å². The molecule has 13 nitrogen and oxygen atoms in total. The average Bonchev–Trinajstić information content (AvgIpc) is 3.72. The Morgan fingerprint density at radius 1 is 1.00 bits per heavy atom. The van der Waals surface area contributed by atoms with Crippen LogP contribution in [-0.2, 0) is 19.9 Å². The molecule has 6 rings (SSSR count). The topological polar surface area (TPSA) is 179 Å². The van der Waals surface area contributed by atoms with Crippen molar-refractivity contribution < 1.29 is 26.4 Å². The van der Waals surface area contributed by atoms with Gasteiger partial charge in [0.2, 0.25) is 5.95 Å². The van der Waals surface area contributed by atoms with Gasteiger partial charge in [0.15, 0.2) is 5.65 Å². The van der Waals surface area contributed by atoms with Gasteiger partial charge in [0.05, 0.1) is 34.5 Å². The van der Waals surface area contributed by atoms with E-state index in [4.69, 9.17) is 10.5 Å². The number of sulfone groups is 1. The first-order valence-electron chi connectivity index (χ1n) is 15.6. The Bertz CT molecular complexity index is 2220. The zero-order valence-electron chi connectivity index (χ0n) is 27.2. The molecule has 1 saturated heterocycles. The largest absolute Gasteiger partial charge is 0.494 e. The number of anilines is 5. The van der Waals surface area contributed by atoms with E-state index in [0.29, 0.717) is 39.7 Å². The number of aromatic nitrogens is 3. The molecule has 3 aromatic heterocycles. The fourth-order valence-corrected chi connectivity index (χ4v) is 8.61. The number of carbonyl (C=O) groups excluding carboxylic acids is 1. The standard InChI is InChI=1S/C33H37N7O6S3/c1-21-4-7-24(8-5-21)49(44,45)40-17-12-25-31(35-27-13-18-47-29(27)30(34)41)37-33(38-32(25)40)36-26-9-6-23(20-28(26)46-2)39-15-10-22(11-16-39)14-19-48(3,42)43/h4-9,12-13,17-18,20,22H,10-11,14-16,19H2,1-3H3,(H2,34,41)(H2,35,36,37,38). The minimum absolute atomic E-state index is 0.0858. The fourth-order valence-electron chi connectivity index (χ4n) is 5.85. The molecule has 1 fully saturated rings. The van der Waals surface area contributed by atoms with E-state index in [1.165, 1.54) is 23.8 Å². The van der Waals surface area contributed by atoms with Gasteiger partial charge in [-0.1, -0.05) is 17.7 Å². The van der Waals surface area contributed by atoms with E-state index in [9.17, 15) is 21.6 Å². The molecule has 0 saturated carbocycles. The Balaban J connectivity index is 1.33. The minimum atomic E-state index is -4.04. The van der Waals surface area contributed by atoms with Gasteiger partial charge in [0.1, 0.15) is 26.3 Å². The van der Waals surface area contributed by atoms with Crippen molar-refractivity contribution in [2.45, 2.75) is 31.1 Å². The van der Waals surface area contributed by atoms with Crippen LogP contribution in [0.5, 0.6) is 5.75 Å². The summed E-state index contributed by atoms with van der Waals surface area (Å²) in [5.74, 6) is 0.836. The van der Waals surface area contributed by atoms with Crippen molar-refractivity contribution in [3.05, 3.63) is 76.6 Å². The Morgan fingerprint density at radius 3 is 2.41 bits per heavy atom. The molecule has 0 spiro atoms. The predicted molar refractivity (Wildman–Crippen MR) is 193 cm³/mol. The summed E-state index contributed by atoms with van der Waals surface area (Å²) in [6.45, 7) is 3.46. The highest BCUT2D eigenvalue weighted by Crippen LogP contribution is 2.36. The summed E-state index contributed by atoms with van der Waals surface area (Å²) >= 11 is 1.18. The van der Waals surface area contributed by atoms with Crippen LogP contribution in [0, 0.1) is 12.8 Å². The summed E-state index contributed by atoms with van der Waals surface area (Å²) in [4.78, 5) is 24.0. The molecule has 1 aliphatic heterocycles. The van der Waals surface area contributed by atoms with Gasteiger partial charge in [-0.3, -0.25) is 4.79 Å². The van der Waals surface area contributed by atoms with Crippen LogP contribution in [0.2, 0.25) is 0 Å². The minimum Gasteiger partial charge on any atom is -0.494 e. The monoisotopic (exact) mass is 723 g/mol. The van der Waals surface area contributed by atoms with Gasteiger partial charge >= 0.3 is 0 Å². The number of hydrogen-bond donors (Lipinski definition) is 3. The van der Waals surface area contributed by atoms with Crippen LogP contribution in [-0.4, -0.2) is 68.9 Å². The van der Waals surface area contributed by atoms with Crippen LogP contribution in [0.4, 0.5) is 28.8 Å². The number of nitrogens with two attached hydrogens (primary N) is 1. The molecule has 258 valence electrons. The summed E-state index contributed by atoms with van der Waals surface area (Å²) in [7, 11) is -5.46. The maximum absolute atomic E-state index is 13.8. The van der Waals surface area contributed by atoms with Crippen molar-refractivity contribution >= 4 is 77.0 Å². The Morgan fingerprint density at radius 2 is 1.73 bits per heavy atom. The number of benzene rings is 2. The van der Waals surface area contributed by atoms with Gasteiger partial charge in [0, 0.05) is 37.3 Å². The number of nitrogens with one attached hydrogen (secondary N) is 2. The van der Waals surface area contributed by atoms with Crippen molar-refractivity contribution in [2.24, 2.45) is 11.7 Å². The first-order valence-corrected chi connectivity index (χ1v) is 19.9. The number of thiophene rings is 1. The predicted octanol–water partition coefficient (Wildman–Crippen LogP) is 5.28. The first kappa shape index (κ1) is 34.2. The van der Waals surface area contributed by atoms with E-state index in [0.717, 1.165) is 41.2 Å². The molecule has 1 aliphatic rings. The molecule has 1 amide bonds. The van der Waals surface area contributed by atoms with E-state index in [1.807, 2.05) is 25.1 Å². The maximum atomic E-state index is 13.8. The van der Waals surface area contributed by atoms with Crippen molar-refractivity contribution in [2.75, 3.05) is 47.7 Å². The summed E-state index contributed by atoms with van der Waals surface area (Å²) in [6, 6.07) is 15.6. The smallest absolute Gasteiger partial charge is 0.269 e. The number of nitrogens with zero attached hydrogens (tertiary/aromatic N) is 4. The number of primary amides is 1. The van der Waals surface area contributed by atoms with Gasteiger partial charge in [0.25, 0.3) is 15.9 Å². The lowest BCUT2D eigenvalue weighted by Gasteiger charge is -2.34. The van der Waals surface area contributed by atoms with E-state index < -0.39 is 25.8 Å². The van der Waals surface area contributed by atoms with Gasteiger partial charge in [-0.25, -0.2) is 20.8 Å². The third-order valence-electron chi connectivity index (χ3n) is 8.54. The average molecular weight is 724 g/mol. The molecule has 0 bridgehead atoms. The second kappa shape index (κ2) is 13.7. The quantitative estimate of drug-likeness (QED) is 0.152. The van der Waals surface area contributed by atoms with Gasteiger partial charge in [-0.05, 0) is 73.9 Å². The second-order valence-corrected chi connectivity index (χ2v) is 17.1. The van der Waals surface area contributed by atoms with Crippen LogP contribution in [0.25, 0.3) is 11.0 Å². The second-order valence-electron chi connectivity index (χ2n) is 12.1. The molecule has 16 heteroatoms. The lowest BCUT2D eigenvalue weighted by Crippen LogP contribution is -2.34. The van der Waals surface area contributed by atoms with Crippen LogP contribution < -0.4 is 26.0 Å². The van der Waals surface area contributed by atoms with E-state index in [1.54, 1.807) is 48.9 Å². The molecule has 0 radical (unpaired) electrons. The highest BCUT2D eigenvalue weighted by Gasteiger charge is 2.25. The van der Waals surface area contributed by atoms with Crippen molar-refractivity contribution in [3.8, 4) is 5.75 Å². The molecule has 4 N–H and O–H groups in total. The van der Waals surface area contributed by atoms with Crippen LogP contribution in [0.3, 0.4) is 0 Å². The van der Waals surface area contributed by atoms with Gasteiger partial charge in [-0.2, -0.15) is 9.97 Å². The maximum Gasteiger partial charge on any atom is 0.269 e. The van der Waals surface area contributed by atoms with Crippen LogP contribution >= 0.6 is 11.3 Å². The Labute approximate surface area is 289 Å². The molecular weight excluding hydrogens is 687 g/mol. The summed E-state index contributed by atoms with van der Waals surface area (Å²) < 4.78 is 57.7. The fraction of sp³-hybridized carbons (Fsp3) is 0.303. The number of carbonyl (C=O) groups is 1. The molecule has 0 atom stereocenters. The zero-order valence-corrected chi connectivity index (χ0v) is 29.7. The molecule has 0 aliphatic carbocycles. The molecule has 49 heavy (non-hydrogen) atoms. The summed E-state index contributed by atoms with van der Waals surface area (Å²) in [5, 5.41) is 8.48. The van der Waals surface area contributed by atoms with Gasteiger partial charge in [-0.15, -0.1) is 11.3 Å². The van der Waals surface area contributed by atoms with Crippen LogP contribution in [0.15, 0.2) is 71.1 Å². The molecule has 0 unspecified atom stereocenters. The number of piperidine rings is 1. The van der Waals surface area contributed by atoms with Crippen molar-refractivity contribution in [3.63, 3.8) is 0 Å². The number of methoxy groups -OCH3 is 1. The number of fused-ring (bicyclic) bond motifs is 1. The molecule has 2 aromatic carbocycles. The summed E-state index contributed by atoms with van der Waals surface area (Å²) in [6.07, 6.45) is 5.17. The van der Waals surface area contributed by atoms with Crippen LogP contribution in [0.1, 0.15) is 34.5 Å². The molecular formula is C33H37N7O6S3.